The van der Waals surface area contributed by atoms with Crippen LogP contribution >= 0.6 is 0 Å². The maximum absolute atomic E-state index is 6.14. The van der Waals surface area contributed by atoms with E-state index >= 15 is 0 Å². The number of hydrogen-bond donors (Lipinski definition) is 1. The molecule has 1 aliphatic rings. The fraction of sp³-hybridized carbons (Fsp3) is 0.600. The minimum atomic E-state index is 0.310. The Kier molecular flexibility index (Phi) is 3.72. The first-order valence-electron chi connectivity index (χ1n) is 6.59. The molecule has 0 bridgehead atoms. The van der Waals surface area contributed by atoms with Crippen molar-refractivity contribution in [1.29, 1.82) is 0 Å². The zero-order chi connectivity index (χ0) is 12.4. The highest BCUT2D eigenvalue weighted by atomic mass is 16.5. The van der Waals surface area contributed by atoms with Gasteiger partial charge in [0.05, 0.1) is 0 Å². The van der Waals surface area contributed by atoms with E-state index in [1.165, 1.54) is 11.1 Å². The highest BCUT2D eigenvalue weighted by Gasteiger charge is 2.24. The lowest BCUT2D eigenvalue weighted by Crippen LogP contribution is -2.19. The number of rotatable bonds is 3. The summed E-state index contributed by atoms with van der Waals surface area (Å²) in [5.41, 5.74) is 8.48. The number of benzene rings is 1. The molecule has 17 heavy (non-hydrogen) atoms. The van der Waals surface area contributed by atoms with Crippen molar-refractivity contribution in [3.8, 4) is 5.75 Å². The Bertz CT molecular complexity index is 387. The normalized spacial score (nSPS) is 24.3. The number of nitrogens with two attached hydrogens (primary N) is 1. The van der Waals surface area contributed by atoms with Crippen molar-refractivity contribution in [2.75, 3.05) is 0 Å². The van der Waals surface area contributed by atoms with E-state index in [2.05, 4.69) is 39.0 Å². The Hall–Kier alpha value is -1.02. The molecule has 0 aliphatic heterocycles. The standard InChI is InChI=1S/C15H23NO/c1-10(2)14-7-4-11(3)8-15(14)17-13-6-5-12(16)9-13/h4,7-8,10,12-13H,5-6,9,16H2,1-3H3. The number of aryl methyl sites for hydroxylation is 1. The van der Waals surface area contributed by atoms with Gasteiger partial charge in [0.15, 0.2) is 0 Å². The molecular formula is C15H23NO. The zero-order valence-electron chi connectivity index (χ0n) is 11.1. The number of ether oxygens (including phenoxy) is 1. The van der Waals surface area contributed by atoms with Crippen LogP contribution in [-0.2, 0) is 0 Å². The quantitative estimate of drug-likeness (QED) is 0.868. The Morgan fingerprint density at radius 2 is 2.06 bits per heavy atom. The summed E-state index contributed by atoms with van der Waals surface area (Å²) in [7, 11) is 0. The smallest absolute Gasteiger partial charge is 0.123 e. The molecule has 1 fully saturated rings. The summed E-state index contributed by atoms with van der Waals surface area (Å²) < 4.78 is 6.14. The molecule has 1 aromatic rings. The van der Waals surface area contributed by atoms with E-state index in [-0.39, 0.29) is 0 Å². The second-order valence-electron chi connectivity index (χ2n) is 5.51. The molecule has 1 saturated carbocycles. The van der Waals surface area contributed by atoms with Crippen LogP contribution in [0, 0.1) is 6.92 Å². The van der Waals surface area contributed by atoms with Crippen molar-refractivity contribution in [2.24, 2.45) is 5.73 Å². The minimum absolute atomic E-state index is 0.310. The van der Waals surface area contributed by atoms with Crippen LogP contribution in [0.4, 0.5) is 0 Å². The van der Waals surface area contributed by atoms with Gasteiger partial charge < -0.3 is 10.5 Å². The molecule has 1 aliphatic carbocycles. The molecule has 0 saturated heterocycles. The molecule has 0 radical (unpaired) electrons. The fourth-order valence-corrected chi connectivity index (χ4v) is 2.48. The molecule has 0 amide bonds. The van der Waals surface area contributed by atoms with Gasteiger partial charge in [-0.3, -0.25) is 0 Å². The van der Waals surface area contributed by atoms with Crippen molar-refractivity contribution >= 4 is 0 Å². The van der Waals surface area contributed by atoms with Crippen LogP contribution < -0.4 is 10.5 Å². The summed E-state index contributed by atoms with van der Waals surface area (Å²) in [5.74, 6) is 1.56. The van der Waals surface area contributed by atoms with E-state index in [1.54, 1.807) is 0 Å². The summed E-state index contributed by atoms with van der Waals surface area (Å²) in [6, 6.07) is 6.82. The van der Waals surface area contributed by atoms with Gasteiger partial charge in [-0.15, -0.1) is 0 Å². The molecule has 0 aromatic heterocycles. The molecule has 2 heteroatoms. The van der Waals surface area contributed by atoms with Gasteiger partial charge in [-0.05, 0) is 49.3 Å². The molecular weight excluding hydrogens is 210 g/mol. The fourth-order valence-electron chi connectivity index (χ4n) is 2.48. The first-order chi connectivity index (χ1) is 8.06. The van der Waals surface area contributed by atoms with Gasteiger partial charge in [0, 0.05) is 6.04 Å². The highest BCUT2D eigenvalue weighted by Crippen LogP contribution is 2.31. The van der Waals surface area contributed by atoms with Crippen molar-refractivity contribution in [1.82, 2.24) is 0 Å². The third kappa shape index (κ3) is 3.01. The Labute approximate surface area is 104 Å². The van der Waals surface area contributed by atoms with Crippen LogP contribution in [0.5, 0.6) is 5.75 Å². The summed E-state index contributed by atoms with van der Waals surface area (Å²) in [6.07, 6.45) is 3.48. The van der Waals surface area contributed by atoms with E-state index in [0.29, 0.717) is 18.1 Å². The molecule has 2 nitrogen and oxygen atoms in total. The summed E-state index contributed by atoms with van der Waals surface area (Å²) in [6.45, 7) is 6.52. The van der Waals surface area contributed by atoms with E-state index in [1.807, 2.05) is 0 Å². The first kappa shape index (κ1) is 12.4. The average Bonchev–Trinajstić information content (AvgIpc) is 2.63. The lowest BCUT2D eigenvalue weighted by molar-refractivity contribution is 0.205. The van der Waals surface area contributed by atoms with E-state index in [9.17, 15) is 0 Å². The molecule has 2 rings (SSSR count). The lowest BCUT2D eigenvalue weighted by Gasteiger charge is -2.19. The van der Waals surface area contributed by atoms with Crippen molar-refractivity contribution in [3.05, 3.63) is 29.3 Å². The minimum Gasteiger partial charge on any atom is -0.490 e. The topological polar surface area (TPSA) is 35.2 Å². The third-order valence-electron chi connectivity index (χ3n) is 3.51. The average molecular weight is 233 g/mol. The van der Waals surface area contributed by atoms with Gasteiger partial charge in [-0.2, -0.15) is 0 Å². The number of hydrogen-bond acceptors (Lipinski definition) is 2. The molecule has 2 unspecified atom stereocenters. The summed E-state index contributed by atoms with van der Waals surface area (Å²) in [4.78, 5) is 0. The van der Waals surface area contributed by atoms with Crippen LogP contribution in [0.1, 0.15) is 50.2 Å². The Balaban J connectivity index is 2.16. The maximum atomic E-state index is 6.14. The molecule has 2 atom stereocenters. The predicted octanol–water partition coefficient (Wildman–Crippen LogP) is 3.38. The highest BCUT2D eigenvalue weighted by molar-refractivity contribution is 5.39. The van der Waals surface area contributed by atoms with Crippen molar-refractivity contribution in [3.63, 3.8) is 0 Å². The van der Waals surface area contributed by atoms with Gasteiger partial charge in [0.1, 0.15) is 11.9 Å². The van der Waals surface area contributed by atoms with E-state index in [0.717, 1.165) is 25.0 Å². The summed E-state index contributed by atoms with van der Waals surface area (Å²) in [5, 5.41) is 0. The van der Waals surface area contributed by atoms with Gasteiger partial charge in [0.2, 0.25) is 0 Å². The first-order valence-corrected chi connectivity index (χ1v) is 6.59. The monoisotopic (exact) mass is 233 g/mol. The van der Waals surface area contributed by atoms with Crippen LogP contribution in [0.15, 0.2) is 18.2 Å². The third-order valence-corrected chi connectivity index (χ3v) is 3.51. The van der Waals surface area contributed by atoms with Crippen molar-refractivity contribution < 1.29 is 4.74 Å². The van der Waals surface area contributed by atoms with Gasteiger partial charge in [-0.1, -0.05) is 26.0 Å². The molecule has 1 aromatic carbocycles. The van der Waals surface area contributed by atoms with Crippen LogP contribution in [0.2, 0.25) is 0 Å². The van der Waals surface area contributed by atoms with Gasteiger partial charge >= 0.3 is 0 Å². The maximum Gasteiger partial charge on any atom is 0.123 e. The summed E-state index contributed by atoms with van der Waals surface area (Å²) >= 11 is 0. The van der Waals surface area contributed by atoms with Gasteiger partial charge in [-0.25, -0.2) is 0 Å². The SMILES string of the molecule is Cc1ccc(C(C)C)c(OC2CCC(N)C2)c1. The van der Waals surface area contributed by atoms with Gasteiger partial charge in [0.25, 0.3) is 0 Å². The van der Waals surface area contributed by atoms with Crippen LogP contribution in [0.3, 0.4) is 0 Å². The largest absolute Gasteiger partial charge is 0.490 e. The molecule has 94 valence electrons. The van der Waals surface area contributed by atoms with E-state index in [4.69, 9.17) is 10.5 Å². The molecule has 2 N–H and O–H groups in total. The molecule has 0 spiro atoms. The zero-order valence-corrected chi connectivity index (χ0v) is 11.1. The van der Waals surface area contributed by atoms with Crippen LogP contribution in [0.25, 0.3) is 0 Å². The second kappa shape index (κ2) is 5.09. The Morgan fingerprint density at radius 3 is 2.65 bits per heavy atom. The molecule has 0 heterocycles. The lowest BCUT2D eigenvalue weighted by atomic mass is 10.0. The van der Waals surface area contributed by atoms with E-state index < -0.39 is 0 Å². The van der Waals surface area contributed by atoms with Crippen LogP contribution in [-0.4, -0.2) is 12.1 Å². The predicted molar refractivity (Wildman–Crippen MR) is 71.5 cm³/mol. The van der Waals surface area contributed by atoms with Crippen molar-refractivity contribution in [2.45, 2.75) is 58.1 Å². The second-order valence-corrected chi connectivity index (χ2v) is 5.51. The Morgan fingerprint density at radius 1 is 1.29 bits per heavy atom.